The molecule has 2 saturated heterocycles. The first kappa shape index (κ1) is 19.7. The van der Waals surface area contributed by atoms with Gasteiger partial charge in [0.05, 0.1) is 23.6 Å². The number of rotatable bonds is 3. The van der Waals surface area contributed by atoms with Gasteiger partial charge in [0.25, 0.3) is 0 Å². The standard InChI is InChI=1S/C25H27N3O4/c29-18-7-12-27(13-8-18)21-6-5-17(15-26-21)24(9-10-24)23(31)28-14-11-25(16-28)20-4-2-1-3-19(20)22(30)32-25/h1-6,15,18,29H,7-14,16H2. The Labute approximate surface area is 187 Å². The summed E-state index contributed by atoms with van der Waals surface area (Å²) in [6.07, 6.45) is 5.43. The molecule has 7 heteroatoms. The van der Waals surface area contributed by atoms with E-state index in [4.69, 9.17) is 4.74 Å². The topological polar surface area (TPSA) is 83.0 Å². The third-order valence-corrected chi connectivity index (χ3v) is 7.69. The van der Waals surface area contributed by atoms with Gasteiger partial charge in [-0.25, -0.2) is 9.78 Å². The maximum absolute atomic E-state index is 13.6. The Balaban J connectivity index is 1.20. The van der Waals surface area contributed by atoms with E-state index in [1.165, 1.54) is 0 Å². The fourth-order valence-electron chi connectivity index (χ4n) is 5.61. The number of pyridine rings is 1. The molecule has 1 N–H and O–H groups in total. The van der Waals surface area contributed by atoms with Crippen molar-refractivity contribution >= 4 is 17.7 Å². The number of benzene rings is 1. The number of hydrogen-bond acceptors (Lipinski definition) is 6. The number of nitrogens with zero attached hydrogens (tertiary/aromatic N) is 3. The molecule has 0 bridgehead atoms. The second-order valence-electron chi connectivity index (χ2n) is 9.61. The number of amides is 1. The number of carbonyl (C=O) groups excluding carboxylic acids is 2. The van der Waals surface area contributed by atoms with E-state index in [2.05, 4.69) is 9.88 Å². The van der Waals surface area contributed by atoms with Crippen molar-refractivity contribution in [2.45, 2.75) is 49.2 Å². The van der Waals surface area contributed by atoms with Crippen LogP contribution < -0.4 is 4.90 Å². The van der Waals surface area contributed by atoms with Gasteiger partial charge < -0.3 is 19.6 Å². The Morgan fingerprint density at radius 2 is 1.84 bits per heavy atom. The minimum atomic E-state index is -0.708. The number of anilines is 1. The Morgan fingerprint density at radius 1 is 1.06 bits per heavy atom. The van der Waals surface area contributed by atoms with E-state index in [0.717, 1.165) is 55.7 Å². The molecule has 1 aromatic carbocycles. The molecule has 3 aliphatic heterocycles. The average molecular weight is 434 g/mol. The van der Waals surface area contributed by atoms with E-state index in [9.17, 15) is 14.7 Å². The Kier molecular flexibility index (Phi) is 4.34. The normalized spacial score (nSPS) is 26.3. The summed E-state index contributed by atoms with van der Waals surface area (Å²) in [5.74, 6) is 0.727. The number of aliphatic hydroxyl groups excluding tert-OH is 1. The molecule has 166 valence electrons. The summed E-state index contributed by atoms with van der Waals surface area (Å²) >= 11 is 0. The predicted octanol–water partition coefficient (Wildman–Crippen LogP) is 2.37. The highest BCUT2D eigenvalue weighted by molar-refractivity contribution is 5.96. The smallest absolute Gasteiger partial charge is 0.339 e. The molecule has 1 amide bonds. The molecule has 3 fully saturated rings. The molecule has 32 heavy (non-hydrogen) atoms. The van der Waals surface area contributed by atoms with Crippen LogP contribution in [0.2, 0.25) is 0 Å². The molecule has 7 nitrogen and oxygen atoms in total. The molecule has 1 saturated carbocycles. The maximum Gasteiger partial charge on any atom is 0.339 e. The second kappa shape index (κ2) is 7.04. The minimum absolute atomic E-state index is 0.116. The quantitative estimate of drug-likeness (QED) is 0.749. The lowest BCUT2D eigenvalue weighted by Gasteiger charge is -2.31. The van der Waals surface area contributed by atoms with Crippen LogP contribution in [0.1, 0.15) is 53.6 Å². The number of esters is 1. The van der Waals surface area contributed by atoms with Crippen LogP contribution in [0.5, 0.6) is 0 Å². The molecule has 1 atom stereocenters. The lowest BCUT2D eigenvalue weighted by atomic mass is 9.91. The number of hydrogen-bond donors (Lipinski definition) is 1. The van der Waals surface area contributed by atoms with E-state index >= 15 is 0 Å². The molecule has 4 heterocycles. The van der Waals surface area contributed by atoms with Gasteiger partial charge in [0, 0.05) is 37.8 Å². The van der Waals surface area contributed by atoms with Crippen molar-refractivity contribution in [3.63, 3.8) is 0 Å². The molecule has 0 radical (unpaired) electrons. The summed E-state index contributed by atoms with van der Waals surface area (Å²) < 4.78 is 5.82. The van der Waals surface area contributed by atoms with Crippen LogP contribution in [0.15, 0.2) is 42.6 Å². The molecule has 1 spiro atoms. The molecule has 1 aromatic heterocycles. The fourth-order valence-corrected chi connectivity index (χ4v) is 5.61. The van der Waals surface area contributed by atoms with E-state index in [-0.39, 0.29) is 18.0 Å². The summed E-state index contributed by atoms with van der Waals surface area (Å²) in [5.41, 5.74) is 1.28. The van der Waals surface area contributed by atoms with Gasteiger partial charge in [-0.3, -0.25) is 4.79 Å². The third kappa shape index (κ3) is 2.94. The molecule has 4 aliphatic rings. The van der Waals surface area contributed by atoms with E-state index in [0.29, 0.717) is 25.1 Å². The van der Waals surface area contributed by atoms with Crippen LogP contribution >= 0.6 is 0 Å². The predicted molar refractivity (Wildman–Crippen MR) is 117 cm³/mol. The van der Waals surface area contributed by atoms with Crippen LogP contribution in [0.3, 0.4) is 0 Å². The van der Waals surface area contributed by atoms with Crippen molar-refractivity contribution in [3.8, 4) is 0 Å². The van der Waals surface area contributed by atoms with Gasteiger partial charge in [0.2, 0.25) is 5.91 Å². The van der Waals surface area contributed by atoms with Gasteiger partial charge in [0.15, 0.2) is 5.60 Å². The Hall–Kier alpha value is -2.93. The van der Waals surface area contributed by atoms with Gasteiger partial charge in [-0.15, -0.1) is 0 Å². The number of ether oxygens (including phenoxy) is 1. The van der Waals surface area contributed by atoms with Crippen molar-refractivity contribution in [2.24, 2.45) is 0 Å². The number of fused-ring (bicyclic) bond motifs is 2. The largest absolute Gasteiger partial charge is 0.449 e. The van der Waals surface area contributed by atoms with Crippen molar-refractivity contribution in [3.05, 3.63) is 59.3 Å². The van der Waals surface area contributed by atoms with Crippen LogP contribution in [0.4, 0.5) is 5.82 Å². The highest BCUT2D eigenvalue weighted by atomic mass is 16.6. The lowest BCUT2D eigenvalue weighted by Crippen LogP contribution is -2.40. The van der Waals surface area contributed by atoms with Crippen LogP contribution in [0.25, 0.3) is 0 Å². The number of aliphatic hydroxyl groups is 1. The van der Waals surface area contributed by atoms with E-state index in [1.54, 1.807) is 6.07 Å². The fraction of sp³-hybridized carbons (Fsp3) is 0.480. The lowest BCUT2D eigenvalue weighted by molar-refractivity contribution is -0.134. The first-order chi connectivity index (χ1) is 15.5. The summed E-state index contributed by atoms with van der Waals surface area (Å²) in [6.45, 7) is 2.60. The SMILES string of the molecule is O=C1OC2(CCN(C(=O)C3(c4ccc(N5CCC(O)CC5)nc4)CC3)C2)c2ccccc21. The molecule has 6 rings (SSSR count). The zero-order chi connectivity index (χ0) is 21.9. The Bertz CT molecular complexity index is 1070. The van der Waals surface area contributed by atoms with Gasteiger partial charge in [0.1, 0.15) is 5.82 Å². The number of aromatic nitrogens is 1. The Morgan fingerprint density at radius 3 is 2.56 bits per heavy atom. The van der Waals surface area contributed by atoms with Gasteiger partial charge in [-0.05, 0) is 43.4 Å². The monoisotopic (exact) mass is 433 g/mol. The van der Waals surface area contributed by atoms with Crippen LogP contribution in [-0.4, -0.2) is 59.1 Å². The average Bonchev–Trinajstić information content (AvgIpc) is 3.46. The third-order valence-electron chi connectivity index (χ3n) is 7.69. The molecular formula is C25H27N3O4. The van der Waals surface area contributed by atoms with Gasteiger partial charge in [-0.2, -0.15) is 0 Å². The first-order valence-electron chi connectivity index (χ1n) is 11.5. The molecule has 2 aromatic rings. The second-order valence-corrected chi connectivity index (χ2v) is 9.61. The van der Waals surface area contributed by atoms with Gasteiger partial charge >= 0.3 is 5.97 Å². The van der Waals surface area contributed by atoms with E-state index < -0.39 is 11.0 Å². The van der Waals surface area contributed by atoms with Gasteiger partial charge in [-0.1, -0.05) is 24.3 Å². The number of piperidine rings is 1. The number of carbonyl (C=O) groups is 2. The van der Waals surface area contributed by atoms with Crippen molar-refractivity contribution in [1.29, 1.82) is 0 Å². The summed E-state index contributed by atoms with van der Waals surface area (Å²) in [5, 5.41) is 9.73. The molecule has 1 aliphatic carbocycles. The first-order valence-corrected chi connectivity index (χ1v) is 11.5. The summed E-state index contributed by atoms with van der Waals surface area (Å²) in [6, 6.07) is 11.6. The van der Waals surface area contributed by atoms with Crippen LogP contribution in [0, 0.1) is 0 Å². The molecular weight excluding hydrogens is 406 g/mol. The maximum atomic E-state index is 13.6. The zero-order valence-electron chi connectivity index (χ0n) is 18.0. The van der Waals surface area contributed by atoms with E-state index in [1.807, 2.05) is 41.4 Å². The summed E-state index contributed by atoms with van der Waals surface area (Å²) in [4.78, 5) is 34.7. The zero-order valence-corrected chi connectivity index (χ0v) is 18.0. The molecule has 1 unspecified atom stereocenters. The minimum Gasteiger partial charge on any atom is -0.449 e. The van der Waals surface area contributed by atoms with Crippen LogP contribution in [-0.2, 0) is 20.5 Å². The highest BCUT2D eigenvalue weighted by Crippen LogP contribution is 2.52. The highest BCUT2D eigenvalue weighted by Gasteiger charge is 2.57. The number of likely N-dealkylation sites (tertiary alicyclic amines) is 1. The summed E-state index contributed by atoms with van der Waals surface area (Å²) in [7, 11) is 0. The van der Waals surface area contributed by atoms with Crippen molar-refractivity contribution < 1.29 is 19.4 Å². The van der Waals surface area contributed by atoms with Crippen molar-refractivity contribution in [1.82, 2.24) is 9.88 Å². The van der Waals surface area contributed by atoms with Crippen molar-refractivity contribution in [2.75, 3.05) is 31.1 Å².